The zero-order valence-corrected chi connectivity index (χ0v) is 15.4. The van der Waals surface area contributed by atoms with Gasteiger partial charge in [-0.15, -0.1) is 0 Å². The van der Waals surface area contributed by atoms with Gasteiger partial charge in [0.1, 0.15) is 0 Å². The average molecular weight is 327 g/mol. The molecule has 4 nitrogen and oxygen atoms in total. The molecule has 0 aliphatic carbocycles. The fraction of sp³-hybridized carbons (Fsp3) is 0.450. The summed E-state index contributed by atoms with van der Waals surface area (Å²) >= 11 is 0. The number of aromatic nitrogens is 1. The minimum absolute atomic E-state index is 0.111. The number of carbonyl (C=O) groups excluding carboxylic acids is 1. The van der Waals surface area contributed by atoms with E-state index in [1.165, 1.54) is 22.3 Å². The lowest BCUT2D eigenvalue weighted by molar-refractivity contribution is 0.237. The zero-order valence-electron chi connectivity index (χ0n) is 15.4. The summed E-state index contributed by atoms with van der Waals surface area (Å²) in [6.45, 7) is 11.9. The van der Waals surface area contributed by atoms with Gasteiger partial charge in [0.2, 0.25) is 0 Å². The smallest absolute Gasteiger partial charge is 0.315 e. The quantitative estimate of drug-likeness (QED) is 0.826. The van der Waals surface area contributed by atoms with E-state index in [9.17, 15) is 4.79 Å². The van der Waals surface area contributed by atoms with Gasteiger partial charge in [0.05, 0.1) is 6.54 Å². The molecule has 130 valence electrons. The molecule has 2 N–H and O–H groups in total. The highest BCUT2D eigenvalue weighted by Crippen LogP contribution is 2.18. The van der Waals surface area contributed by atoms with E-state index in [4.69, 9.17) is 0 Å². The second-order valence-corrected chi connectivity index (χ2v) is 6.64. The number of urea groups is 1. The van der Waals surface area contributed by atoms with E-state index < -0.39 is 0 Å². The number of nitrogens with one attached hydrogen (secondary N) is 2. The second-order valence-electron chi connectivity index (χ2n) is 6.64. The maximum Gasteiger partial charge on any atom is 0.315 e. The summed E-state index contributed by atoms with van der Waals surface area (Å²) in [6.07, 6.45) is 3.00. The first-order valence-electron chi connectivity index (χ1n) is 8.65. The van der Waals surface area contributed by atoms with Crippen molar-refractivity contribution in [3.05, 3.63) is 58.4 Å². The number of carbonyl (C=O) groups is 1. The molecule has 1 atom stereocenters. The summed E-state index contributed by atoms with van der Waals surface area (Å²) in [7, 11) is 0. The highest BCUT2D eigenvalue weighted by atomic mass is 16.2. The summed E-state index contributed by atoms with van der Waals surface area (Å²) in [5, 5.41) is 5.87. The molecule has 2 amide bonds. The van der Waals surface area contributed by atoms with Crippen LogP contribution in [0.4, 0.5) is 4.79 Å². The first-order chi connectivity index (χ1) is 11.4. The van der Waals surface area contributed by atoms with Gasteiger partial charge in [0, 0.05) is 24.5 Å². The molecular formula is C20H29N3O. The van der Waals surface area contributed by atoms with Crippen molar-refractivity contribution < 1.29 is 4.79 Å². The molecule has 0 spiro atoms. The van der Waals surface area contributed by atoms with E-state index >= 15 is 0 Å². The van der Waals surface area contributed by atoms with Gasteiger partial charge in [-0.1, -0.05) is 24.6 Å². The number of benzene rings is 1. The van der Waals surface area contributed by atoms with Crippen molar-refractivity contribution in [2.24, 2.45) is 0 Å². The molecule has 0 saturated carbocycles. The molecule has 24 heavy (non-hydrogen) atoms. The topological polar surface area (TPSA) is 46.1 Å². The molecular weight excluding hydrogens is 298 g/mol. The third kappa shape index (κ3) is 4.63. The van der Waals surface area contributed by atoms with E-state index in [0.29, 0.717) is 6.54 Å². The molecule has 2 aromatic rings. The molecule has 1 aromatic heterocycles. The van der Waals surface area contributed by atoms with Crippen molar-refractivity contribution in [3.8, 4) is 0 Å². The Bertz CT molecular complexity index is 680. The monoisotopic (exact) mass is 327 g/mol. The maximum atomic E-state index is 11.9. The summed E-state index contributed by atoms with van der Waals surface area (Å²) < 4.78 is 2.20. The number of hydrogen-bond acceptors (Lipinski definition) is 1. The summed E-state index contributed by atoms with van der Waals surface area (Å²) in [4.78, 5) is 11.9. The number of nitrogens with zero attached hydrogens (tertiary/aromatic N) is 1. The Hall–Kier alpha value is -2.23. The molecule has 0 bridgehead atoms. The molecule has 0 radical (unpaired) electrons. The van der Waals surface area contributed by atoms with Crippen LogP contribution >= 0.6 is 0 Å². The van der Waals surface area contributed by atoms with Crippen LogP contribution in [-0.2, 0) is 13.1 Å². The molecule has 1 aromatic carbocycles. The van der Waals surface area contributed by atoms with Crippen molar-refractivity contribution in [2.45, 2.75) is 60.2 Å². The van der Waals surface area contributed by atoms with Gasteiger partial charge < -0.3 is 15.2 Å². The van der Waals surface area contributed by atoms with Gasteiger partial charge in [-0.2, -0.15) is 0 Å². The van der Waals surface area contributed by atoms with Crippen LogP contribution in [0.15, 0.2) is 30.5 Å². The molecule has 2 rings (SSSR count). The minimum Gasteiger partial charge on any atom is -0.345 e. The minimum atomic E-state index is -0.111. The lowest BCUT2D eigenvalue weighted by Crippen LogP contribution is -2.40. The van der Waals surface area contributed by atoms with E-state index in [-0.39, 0.29) is 12.1 Å². The predicted octanol–water partition coefficient (Wildman–Crippen LogP) is 4.06. The first kappa shape index (κ1) is 18.1. The predicted molar refractivity (Wildman–Crippen MR) is 99.3 cm³/mol. The van der Waals surface area contributed by atoms with E-state index in [1.54, 1.807) is 0 Å². The Morgan fingerprint density at radius 2 is 1.88 bits per heavy atom. The largest absolute Gasteiger partial charge is 0.345 e. The highest BCUT2D eigenvalue weighted by molar-refractivity contribution is 5.74. The lowest BCUT2D eigenvalue weighted by Gasteiger charge is -2.16. The number of amides is 2. The average Bonchev–Trinajstić information content (AvgIpc) is 2.95. The van der Waals surface area contributed by atoms with Crippen LogP contribution < -0.4 is 10.6 Å². The van der Waals surface area contributed by atoms with Gasteiger partial charge in [-0.3, -0.25) is 0 Å². The Morgan fingerprint density at radius 3 is 2.50 bits per heavy atom. The fourth-order valence-electron chi connectivity index (χ4n) is 2.94. The van der Waals surface area contributed by atoms with Crippen LogP contribution in [-0.4, -0.2) is 16.6 Å². The molecule has 4 heteroatoms. The summed E-state index contributed by atoms with van der Waals surface area (Å²) in [5.74, 6) is 0. The summed E-state index contributed by atoms with van der Waals surface area (Å²) in [6, 6.07) is 8.62. The third-order valence-corrected chi connectivity index (χ3v) is 4.51. The number of hydrogen-bond donors (Lipinski definition) is 2. The van der Waals surface area contributed by atoms with Gasteiger partial charge in [0.15, 0.2) is 0 Å². The number of aryl methyl sites for hydroxylation is 3. The van der Waals surface area contributed by atoms with E-state index in [0.717, 1.165) is 18.7 Å². The molecule has 1 heterocycles. The molecule has 1 unspecified atom stereocenters. The molecule has 0 aliphatic heterocycles. The Balaban J connectivity index is 2.05. The highest BCUT2D eigenvalue weighted by Gasteiger charge is 2.09. The van der Waals surface area contributed by atoms with Crippen LogP contribution in [0.25, 0.3) is 0 Å². The molecule has 0 fully saturated rings. The van der Waals surface area contributed by atoms with Crippen molar-refractivity contribution in [1.29, 1.82) is 0 Å². The first-order valence-corrected chi connectivity index (χ1v) is 8.65. The fourth-order valence-corrected chi connectivity index (χ4v) is 2.94. The van der Waals surface area contributed by atoms with Crippen LogP contribution in [0, 0.1) is 20.8 Å². The van der Waals surface area contributed by atoms with Crippen LogP contribution in [0.2, 0.25) is 0 Å². The third-order valence-electron chi connectivity index (χ3n) is 4.51. The van der Waals surface area contributed by atoms with Crippen molar-refractivity contribution in [3.63, 3.8) is 0 Å². The van der Waals surface area contributed by atoms with Gasteiger partial charge in [-0.05, 0) is 62.9 Å². The maximum absolute atomic E-state index is 11.9. The van der Waals surface area contributed by atoms with Crippen molar-refractivity contribution in [2.75, 3.05) is 0 Å². The van der Waals surface area contributed by atoms with Crippen molar-refractivity contribution in [1.82, 2.24) is 15.2 Å². The SMILES string of the molecule is CCC(C)NC(=O)NCc1cccn1Cc1c(C)cc(C)cc1C. The number of rotatable bonds is 6. The van der Waals surface area contributed by atoms with Gasteiger partial charge >= 0.3 is 6.03 Å². The molecule has 0 saturated heterocycles. The normalized spacial score (nSPS) is 12.0. The zero-order chi connectivity index (χ0) is 17.7. The molecule has 0 aliphatic rings. The van der Waals surface area contributed by atoms with E-state index in [2.05, 4.69) is 67.3 Å². The Labute approximate surface area is 145 Å². The van der Waals surface area contributed by atoms with E-state index in [1.807, 2.05) is 13.0 Å². The van der Waals surface area contributed by atoms with Crippen LogP contribution in [0.5, 0.6) is 0 Å². The van der Waals surface area contributed by atoms with Gasteiger partial charge in [0.25, 0.3) is 0 Å². The van der Waals surface area contributed by atoms with Crippen LogP contribution in [0.3, 0.4) is 0 Å². The van der Waals surface area contributed by atoms with Crippen LogP contribution in [0.1, 0.15) is 48.2 Å². The van der Waals surface area contributed by atoms with Crippen molar-refractivity contribution >= 4 is 6.03 Å². The lowest BCUT2D eigenvalue weighted by atomic mass is 10.00. The van der Waals surface area contributed by atoms with Gasteiger partial charge in [-0.25, -0.2) is 4.79 Å². The second kappa shape index (κ2) is 8.04. The summed E-state index contributed by atoms with van der Waals surface area (Å²) in [5.41, 5.74) is 6.38. The standard InChI is InChI=1S/C20H29N3O/c1-6-17(5)22-20(24)21-12-18-8-7-9-23(18)13-19-15(3)10-14(2)11-16(19)4/h7-11,17H,6,12-13H2,1-5H3,(H2,21,22,24). The Morgan fingerprint density at radius 1 is 1.21 bits per heavy atom. The Kier molecular flexibility index (Phi) is 6.07.